The average molecular weight is 278 g/mol. The molecule has 0 saturated heterocycles. The van der Waals surface area contributed by atoms with Crippen LogP contribution < -0.4 is 0 Å². The number of hydrogen-bond donors (Lipinski definition) is 0. The first-order valence-electron chi connectivity index (χ1n) is 5.62. The predicted molar refractivity (Wildman–Crippen MR) is 78.4 cm³/mol. The average Bonchev–Trinajstić information content (AvgIpc) is 2.89. The van der Waals surface area contributed by atoms with E-state index in [1.165, 1.54) is 11.3 Å². The number of rotatable bonds is 5. The highest BCUT2D eigenvalue weighted by atomic mass is 32.2. The third kappa shape index (κ3) is 3.15. The van der Waals surface area contributed by atoms with E-state index in [0.717, 1.165) is 16.9 Å². The number of carbonyl (C=O) groups is 1. The molecule has 0 spiro atoms. The molecule has 0 aliphatic carbocycles. The van der Waals surface area contributed by atoms with Gasteiger partial charge in [-0.15, -0.1) is 11.3 Å². The molecule has 0 aliphatic rings. The van der Waals surface area contributed by atoms with Gasteiger partial charge in [-0.3, -0.25) is 0 Å². The normalized spacial score (nSPS) is 10.3. The Morgan fingerprint density at radius 3 is 2.78 bits per heavy atom. The number of thioether (sulfide) groups is 1. The molecule has 2 aromatic rings. The van der Waals surface area contributed by atoms with Crippen molar-refractivity contribution < 1.29 is 9.53 Å². The first kappa shape index (κ1) is 13.2. The molecule has 2 rings (SSSR count). The summed E-state index contributed by atoms with van der Waals surface area (Å²) in [6, 6.07) is 11.9. The third-order valence-corrected chi connectivity index (χ3v) is 3.93. The molecule has 2 nitrogen and oxygen atoms in total. The maximum Gasteiger partial charge on any atom is 0.348 e. The van der Waals surface area contributed by atoms with E-state index in [1.54, 1.807) is 11.8 Å². The van der Waals surface area contributed by atoms with Crippen LogP contribution >= 0.6 is 23.1 Å². The molecule has 0 atom stereocenters. The van der Waals surface area contributed by atoms with Crippen molar-refractivity contribution in [3.63, 3.8) is 0 Å². The first-order valence-corrected chi connectivity index (χ1v) is 7.89. The van der Waals surface area contributed by atoms with E-state index in [9.17, 15) is 4.79 Å². The number of carbonyl (C=O) groups excluding carboxylic acids is 1. The summed E-state index contributed by atoms with van der Waals surface area (Å²) in [5.74, 6) is 0.607. The number of hydrogen-bond acceptors (Lipinski definition) is 4. The predicted octanol–water partition coefficient (Wildman–Crippen LogP) is 3.93. The topological polar surface area (TPSA) is 26.3 Å². The quantitative estimate of drug-likeness (QED) is 0.612. The van der Waals surface area contributed by atoms with Crippen molar-refractivity contribution in [1.82, 2.24) is 0 Å². The van der Waals surface area contributed by atoms with E-state index in [0.29, 0.717) is 11.5 Å². The molecule has 0 fully saturated rings. The minimum Gasteiger partial charge on any atom is -0.461 e. The van der Waals surface area contributed by atoms with Gasteiger partial charge in [0.2, 0.25) is 0 Å². The maximum atomic E-state index is 12.0. The van der Waals surface area contributed by atoms with Crippen LogP contribution in [0.25, 0.3) is 11.1 Å². The Hall–Kier alpha value is -1.26. The van der Waals surface area contributed by atoms with Crippen LogP contribution in [0.1, 0.15) is 9.67 Å². The minimum atomic E-state index is -0.224. The van der Waals surface area contributed by atoms with Crippen LogP contribution in [0.4, 0.5) is 0 Å². The number of thiophene rings is 1. The Kier molecular flexibility index (Phi) is 4.84. The highest BCUT2D eigenvalue weighted by Gasteiger charge is 2.15. The second kappa shape index (κ2) is 6.61. The van der Waals surface area contributed by atoms with Gasteiger partial charge in [-0.2, -0.15) is 11.8 Å². The van der Waals surface area contributed by atoms with Gasteiger partial charge in [0.15, 0.2) is 0 Å². The van der Waals surface area contributed by atoms with Crippen molar-refractivity contribution in [2.24, 2.45) is 0 Å². The van der Waals surface area contributed by atoms with Crippen molar-refractivity contribution in [3.8, 4) is 11.1 Å². The van der Waals surface area contributed by atoms with Gasteiger partial charge >= 0.3 is 5.97 Å². The van der Waals surface area contributed by atoms with Gasteiger partial charge in [0, 0.05) is 11.3 Å². The van der Waals surface area contributed by atoms with Crippen LogP contribution in [-0.2, 0) is 4.74 Å². The summed E-state index contributed by atoms with van der Waals surface area (Å²) in [5, 5.41) is 1.92. The van der Waals surface area contributed by atoms with Crippen molar-refractivity contribution >= 4 is 29.1 Å². The molecule has 18 heavy (non-hydrogen) atoms. The van der Waals surface area contributed by atoms with Gasteiger partial charge in [-0.05, 0) is 23.3 Å². The van der Waals surface area contributed by atoms with E-state index in [-0.39, 0.29) is 5.97 Å². The van der Waals surface area contributed by atoms with Crippen LogP contribution in [0.2, 0.25) is 0 Å². The second-order valence-electron chi connectivity index (χ2n) is 3.66. The number of esters is 1. The summed E-state index contributed by atoms with van der Waals surface area (Å²) in [6.45, 7) is 0.464. The third-order valence-electron chi connectivity index (χ3n) is 2.46. The molecule has 0 aliphatic heterocycles. The van der Waals surface area contributed by atoms with Gasteiger partial charge in [0.1, 0.15) is 11.5 Å². The van der Waals surface area contributed by atoms with Crippen LogP contribution in [0.3, 0.4) is 0 Å². The molecule has 0 saturated carbocycles. The molecule has 0 unspecified atom stereocenters. The smallest absolute Gasteiger partial charge is 0.348 e. The molecule has 0 bridgehead atoms. The highest BCUT2D eigenvalue weighted by Crippen LogP contribution is 2.28. The van der Waals surface area contributed by atoms with E-state index in [1.807, 2.05) is 48.0 Å². The monoisotopic (exact) mass is 278 g/mol. The zero-order valence-electron chi connectivity index (χ0n) is 10.1. The second-order valence-corrected chi connectivity index (χ2v) is 5.56. The molecule has 0 N–H and O–H groups in total. The largest absolute Gasteiger partial charge is 0.461 e. The van der Waals surface area contributed by atoms with Crippen LogP contribution in [0.5, 0.6) is 0 Å². The first-order chi connectivity index (χ1) is 8.83. The molecule has 1 aromatic heterocycles. The van der Waals surface area contributed by atoms with Crippen LogP contribution in [0, 0.1) is 0 Å². The molecule has 4 heteroatoms. The summed E-state index contributed by atoms with van der Waals surface area (Å²) in [4.78, 5) is 12.6. The van der Waals surface area contributed by atoms with Crippen molar-refractivity contribution in [1.29, 1.82) is 0 Å². The number of ether oxygens (including phenoxy) is 1. The van der Waals surface area contributed by atoms with Crippen molar-refractivity contribution in [2.75, 3.05) is 18.6 Å². The number of benzene rings is 1. The van der Waals surface area contributed by atoms with Gasteiger partial charge in [0.25, 0.3) is 0 Å². The minimum absolute atomic E-state index is 0.224. The van der Waals surface area contributed by atoms with E-state index >= 15 is 0 Å². The fourth-order valence-corrected chi connectivity index (χ4v) is 2.65. The summed E-state index contributed by atoms with van der Waals surface area (Å²) in [7, 11) is 0. The molecular weight excluding hydrogens is 264 g/mol. The Labute approximate surface area is 115 Å². The molecule has 0 amide bonds. The lowest BCUT2D eigenvalue weighted by atomic mass is 10.1. The lowest BCUT2D eigenvalue weighted by Gasteiger charge is -2.05. The molecule has 1 aromatic carbocycles. The van der Waals surface area contributed by atoms with Gasteiger partial charge in [0.05, 0.1) is 0 Å². The van der Waals surface area contributed by atoms with Crippen molar-refractivity contribution in [2.45, 2.75) is 0 Å². The lowest BCUT2D eigenvalue weighted by molar-refractivity contribution is 0.0537. The summed E-state index contributed by atoms with van der Waals surface area (Å²) < 4.78 is 5.24. The Bertz CT molecular complexity index is 506. The SMILES string of the molecule is CSCCOC(=O)c1sccc1-c1ccccc1. The fraction of sp³-hybridized carbons (Fsp3) is 0.214. The highest BCUT2D eigenvalue weighted by molar-refractivity contribution is 7.98. The van der Waals surface area contributed by atoms with Crippen LogP contribution in [-0.4, -0.2) is 24.6 Å². The van der Waals surface area contributed by atoms with Gasteiger partial charge in [-0.25, -0.2) is 4.79 Å². The zero-order valence-corrected chi connectivity index (χ0v) is 11.7. The Morgan fingerprint density at radius 1 is 1.28 bits per heavy atom. The van der Waals surface area contributed by atoms with E-state index in [2.05, 4.69) is 0 Å². The van der Waals surface area contributed by atoms with Gasteiger partial charge < -0.3 is 4.74 Å². The molecular formula is C14H14O2S2. The lowest BCUT2D eigenvalue weighted by Crippen LogP contribution is -2.07. The zero-order chi connectivity index (χ0) is 12.8. The Balaban J connectivity index is 2.15. The van der Waals surface area contributed by atoms with Crippen molar-refractivity contribution in [3.05, 3.63) is 46.7 Å². The fourth-order valence-electron chi connectivity index (χ4n) is 1.60. The summed E-state index contributed by atoms with van der Waals surface area (Å²) in [6.07, 6.45) is 1.99. The molecule has 1 heterocycles. The molecule has 0 radical (unpaired) electrons. The standard InChI is InChI=1S/C14H14O2S2/c1-17-10-8-16-14(15)13-12(7-9-18-13)11-5-3-2-4-6-11/h2-7,9H,8,10H2,1H3. The van der Waals surface area contributed by atoms with E-state index < -0.39 is 0 Å². The molecule has 94 valence electrons. The van der Waals surface area contributed by atoms with Gasteiger partial charge in [-0.1, -0.05) is 30.3 Å². The maximum absolute atomic E-state index is 12.0. The van der Waals surface area contributed by atoms with E-state index in [4.69, 9.17) is 4.74 Å². The summed E-state index contributed by atoms with van der Waals surface area (Å²) >= 11 is 3.10. The van der Waals surface area contributed by atoms with Crippen LogP contribution in [0.15, 0.2) is 41.8 Å². The Morgan fingerprint density at radius 2 is 2.06 bits per heavy atom. The summed E-state index contributed by atoms with van der Waals surface area (Å²) in [5.41, 5.74) is 2.00.